The zero-order valence-electron chi connectivity index (χ0n) is 18.2. The molecule has 0 N–H and O–H groups in total. The molecule has 7 nitrogen and oxygen atoms in total. The van der Waals surface area contributed by atoms with E-state index < -0.39 is 0 Å². The van der Waals surface area contributed by atoms with Crippen LogP contribution in [0.25, 0.3) is 11.4 Å². The first-order chi connectivity index (χ1) is 14.3. The van der Waals surface area contributed by atoms with Crippen LogP contribution in [-0.2, 0) is 6.54 Å². The molecule has 0 unspecified atom stereocenters. The van der Waals surface area contributed by atoms with Gasteiger partial charge >= 0.3 is 0 Å². The topological polar surface area (TPSA) is 77.7 Å². The predicted molar refractivity (Wildman–Crippen MR) is 114 cm³/mol. The second-order valence-electron chi connectivity index (χ2n) is 7.47. The molecular weight excluding hydrogens is 382 g/mol. The van der Waals surface area contributed by atoms with Gasteiger partial charge in [-0.05, 0) is 60.4 Å². The fourth-order valence-electron chi connectivity index (χ4n) is 3.21. The molecule has 3 rings (SSSR count). The number of nitrogens with zero attached hydrogens (tertiary/aromatic N) is 3. The van der Waals surface area contributed by atoms with Gasteiger partial charge in [-0.3, -0.25) is 4.79 Å². The van der Waals surface area contributed by atoms with Crippen LogP contribution in [-0.4, -0.2) is 42.2 Å². The van der Waals surface area contributed by atoms with Crippen molar-refractivity contribution in [1.82, 2.24) is 15.0 Å². The molecule has 30 heavy (non-hydrogen) atoms. The molecule has 2 aromatic carbocycles. The number of methoxy groups -OCH3 is 2. The molecule has 158 valence electrons. The highest BCUT2D eigenvalue weighted by Gasteiger charge is 2.20. The molecule has 0 radical (unpaired) electrons. The Hall–Kier alpha value is -3.35. The Morgan fingerprint density at radius 1 is 1.13 bits per heavy atom. The van der Waals surface area contributed by atoms with Gasteiger partial charge in [0, 0.05) is 18.2 Å². The van der Waals surface area contributed by atoms with Crippen molar-refractivity contribution in [3.05, 3.63) is 59.0 Å². The third-order valence-corrected chi connectivity index (χ3v) is 4.96. The van der Waals surface area contributed by atoms with E-state index in [9.17, 15) is 4.79 Å². The monoisotopic (exact) mass is 409 g/mol. The average Bonchev–Trinajstić information content (AvgIpc) is 3.21. The summed E-state index contributed by atoms with van der Waals surface area (Å²) in [6, 6.07) is 11.2. The smallest absolute Gasteiger partial charge is 0.254 e. The van der Waals surface area contributed by atoms with E-state index in [2.05, 4.69) is 24.0 Å². The summed E-state index contributed by atoms with van der Waals surface area (Å²) in [5.74, 6) is 2.51. The van der Waals surface area contributed by atoms with Crippen molar-refractivity contribution in [2.45, 2.75) is 33.2 Å². The molecule has 0 aliphatic carbocycles. The van der Waals surface area contributed by atoms with Crippen molar-refractivity contribution in [3.63, 3.8) is 0 Å². The van der Waals surface area contributed by atoms with Gasteiger partial charge in [-0.25, -0.2) is 0 Å². The van der Waals surface area contributed by atoms with E-state index in [4.69, 9.17) is 14.0 Å². The summed E-state index contributed by atoms with van der Waals surface area (Å²) in [4.78, 5) is 19.1. The van der Waals surface area contributed by atoms with E-state index in [1.807, 2.05) is 43.3 Å². The molecule has 0 atom stereocenters. The number of rotatable bonds is 7. The number of hydrogen-bond acceptors (Lipinski definition) is 6. The number of ether oxygens (including phenoxy) is 2. The molecule has 0 spiro atoms. The van der Waals surface area contributed by atoms with Crippen LogP contribution in [0.1, 0.15) is 47.1 Å². The van der Waals surface area contributed by atoms with E-state index in [1.54, 1.807) is 26.2 Å². The summed E-state index contributed by atoms with van der Waals surface area (Å²) in [5.41, 5.74) is 3.31. The Bertz CT molecular complexity index is 1030. The number of carbonyl (C=O) groups excluding carboxylic acids is 1. The Morgan fingerprint density at radius 2 is 1.83 bits per heavy atom. The molecule has 1 aromatic heterocycles. The molecule has 1 amide bonds. The van der Waals surface area contributed by atoms with Crippen molar-refractivity contribution in [1.29, 1.82) is 0 Å². The number of aryl methyl sites for hydroxylation is 1. The fraction of sp³-hybridized carbons (Fsp3) is 0.348. The lowest BCUT2D eigenvalue weighted by Gasteiger charge is -2.19. The maximum Gasteiger partial charge on any atom is 0.254 e. The van der Waals surface area contributed by atoms with Gasteiger partial charge in [0.1, 0.15) is 11.5 Å². The van der Waals surface area contributed by atoms with Gasteiger partial charge in [0.05, 0.1) is 20.8 Å². The van der Waals surface area contributed by atoms with Crippen LogP contribution >= 0.6 is 0 Å². The second kappa shape index (κ2) is 8.98. The largest absolute Gasteiger partial charge is 0.497 e. The molecular formula is C23H27N3O4. The normalized spacial score (nSPS) is 10.9. The number of amides is 1. The van der Waals surface area contributed by atoms with Gasteiger partial charge in [0.25, 0.3) is 5.91 Å². The number of hydrogen-bond donors (Lipinski definition) is 0. The molecule has 3 aromatic rings. The van der Waals surface area contributed by atoms with Crippen LogP contribution in [0.3, 0.4) is 0 Å². The van der Waals surface area contributed by atoms with Crippen LogP contribution in [0.5, 0.6) is 11.5 Å². The van der Waals surface area contributed by atoms with Crippen LogP contribution < -0.4 is 9.47 Å². The van der Waals surface area contributed by atoms with Gasteiger partial charge in [-0.15, -0.1) is 0 Å². The van der Waals surface area contributed by atoms with Crippen molar-refractivity contribution in [2.24, 2.45) is 0 Å². The highest BCUT2D eigenvalue weighted by Crippen LogP contribution is 2.30. The summed E-state index contributed by atoms with van der Waals surface area (Å²) in [5, 5.41) is 4.02. The lowest BCUT2D eigenvalue weighted by Crippen LogP contribution is -2.27. The molecule has 0 saturated heterocycles. The van der Waals surface area contributed by atoms with Gasteiger partial charge in [-0.2, -0.15) is 4.98 Å². The standard InChI is InChI=1S/C23H27N3O4/c1-14(2)18-12-19(15(3)11-20(18)29-6)23(27)26(4)13-21-24-22(25-30-21)16-7-9-17(28-5)10-8-16/h7-12,14H,13H2,1-6H3. The number of aromatic nitrogens is 2. The maximum atomic E-state index is 13.1. The van der Waals surface area contributed by atoms with E-state index in [-0.39, 0.29) is 18.4 Å². The van der Waals surface area contributed by atoms with Crippen LogP contribution in [0.4, 0.5) is 0 Å². The third-order valence-electron chi connectivity index (χ3n) is 4.96. The lowest BCUT2D eigenvalue weighted by atomic mass is 9.96. The number of carbonyl (C=O) groups is 1. The van der Waals surface area contributed by atoms with Crippen molar-refractivity contribution in [3.8, 4) is 22.9 Å². The molecule has 0 saturated carbocycles. The molecule has 0 aliphatic heterocycles. The molecule has 7 heteroatoms. The van der Waals surface area contributed by atoms with Crippen LogP contribution in [0.15, 0.2) is 40.9 Å². The quantitative estimate of drug-likeness (QED) is 0.573. The first-order valence-corrected chi connectivity index (χ1v) is 9.75. The molecule has 0 aliphatic rings. The van der Waals surface area contributed by atoms with Crippen LogP contribution in [0.2, 0.25) is 0 Å². The predicted octanol–water partition coefficient (Wildman–Crippen LogP) is 4.46. The van der Waals surface area contributed by atoms with Crippen molar-refractivity contribution >= 4 is 5.91 Å². The number of benzene rings is 2. The Balaban J connectivity index is 1.78. The van der Waals surface area contributed by atoms with E-state index in [1.165, 1.54) is 0 Å². The summed E-state index contributed by atoms with van der Waals surface area (Å²) in [7, 11) is 4.98. The maximum absolute atomic E-state index is 13.1. The molecule has 0 bridgehead atoms. The third kappa shape index (κ3) is 4.45. The average molecular weight is 409 g/mol. The van der Waals surface area contributed by atoms with E-state index >= 15 is 0 Å². The first-order valence-electron chi connectivity index (χ1n) is 9.75. The van der Waals surface area contributed by atoms with Crippen molar-refractivity contribution in [2.75, 3.05) is 21.3 Å². The Kier molecular flexibility index (Phi) is 6.40. The van der Waals surface area contributed by atoms with Gasteiger partial charge < -0.3 is 18.9 Å². The summed E-state index contributed by atoms with van der Waals surface area (Å²) < 4.78 is 16.0. The van der Waals surface area contributed by atoms with Crippen molar-refractivity contribution < 1.29 is 18.8 Å². The Labute approximate surface area is 176 Å². The van der Waals surface area contributed by atoms with Gasteiger partial charge in [0.2, 0.25) is 11.7 Å². The van der Waals surface area contributed by atoms with Crippen LogP contribution in [0, 0.1) is 6.92 Å². The minimum atomic E-state index is -0.110. The summed E-state index contributed by atoms with van der Waals surface area (Å²) in [6.45, 7) is 6.27. The highest BCUT2D eigenvalue weighted by atomic mass is 16.5. The molecule has 0 fully saturated rings. The highest BCUT2D eigenvalue weighted by molar-refractivity contribution is 5.96. The van der Waals surface area contributed by atoms with E-state index in [0.29, 0.717) is 17.3 Å². The zero-order chi connectivity index (χ0) is 21.8. The minimum absolute atomic E-state index is 0.110. The summed E-state index contributed by atoms with van der Waals surface area (Å²) in [6.07, 6.45) is 0. The SMILES string of the molecule is COc1ccc(-c2noc(CN(C)C(=O)c3cc(C(C)C)c(OC)cc3C)n2)cc1. The Morgan fingerprint density at radius 3 is 2.43 bits per heavy atom. The molecule has 1 heterocycles. The second-order valence-corrected chi connectivity index (χ2v) is 7.47. The fourth-order valence-corrected chi connectivity index (χ4v) is 3.21. The zero-order valence-corrected chi connectivity index (χ0v) is 18.2. The lowest BCUT2D eigenvalue weighted by molar-refractivity contribution is 0.0768. The summed E-state index contributed by atoms with van der Waals surface area (Å²) >= 11 is 0. The van der Waals surface area contributed by atoms with Gasteiger partial charge in [-0.1, -0.05) is 19.0 Å². The van der Waals surface area contributed by atoms with Gasteiger partial charge in [0.15, 0.2) is 0 Å². The minimum Gasteiger partial charge on any atom is -0.497 e. The van der Waals surface area contributed by atoms with E-state index in [0.717, 1.165) is 28.2 Å². The first kappa shape index (κ1) is 21.4.